The SMILES string of the molecule is COc1cc2c(N=C(N)N)ncnc2cc1OCCN1CCOCC1. The molecule has 4 N–H and O–H groups in total. The van der Waals surface area contributed by atoms with Crippen molar-refractivity contribution in [1.82, 2.24) is 14.9 Å². The van der Waals surface area contributed by atoms with Crippen molar-refractivity contribution in [3.8, 4) is 11.5 Å². The maximum atomic E-state index is 5.91. The van der Waals surface area contributed by atoms with E-state index in [2.05, 4.69) is 19.9 Å². The maximum Gasteiger partial charge on any atom is 0.192 e. The fourth-order valence-corrected chi connectivity index (χ4v) is 2.64. The number of aromatic nitrogens is 2. The first kappa shape index (κ1) is 17.2. The topological polar surface area (TPSA) is 121 Å². The Kier molecular flexibility index (Phi) is 5.46. The quantitative estimate of drug-likeness (QED) is 0.564. The lowest BCUT2D eigenvalue weighted by molar-refractivity contribution is 0.0321. The molecule has 1 fully saturated rings. The Hall–Kier alpha value is -2.65. The second-order valence-electron chi connectivity index (χ2n) is 5.56. The molecule has 0 radical (unpaired) electrons. The molecular formula is C16H22N6O3. The average molecular weight is 346 g/mol. The molecule has 0 unspecified atom stereocenters. The highest BCUT2D eigenvalue weighted by atomic mass is 16.5. The van der Waals surface area contributed by atoms with Crippen LogP contribution in [0, 0.1) is 0 Å². The number of hydrogen-bond donors (Lipinski definition) is 2. The zero-order valence-corrected chi connectivity index (χ0v) is 14.1. The van der Waals surface area contributed by atoms with Crippen LogP contribution in [-0.4, -0.2) is 67.4 Å². The van der Waals surface area contributed by atoms with Gasteiger partial charge in [-0.05, 0) is 6.07 Å². The molecule has 0 bridgehead atoms. The van der Waals surface area contributed by atoms with E-state index in [1.807, 2.05) is 0 Å². The van der Waals surface area contributed by atoms with Gasteiger partial charge in [-0.25, -0.2) is 9.97 Å². The zero-order valence-electron chi connectivity index (χ0n) is 14.1. The van der Waals surface area contributed by atoms with Gasteiger partial charge in [-0.3, -0.25) is 4.90 Å². The first-order chi connectivity index (χ1) is 12.2. The molecule has 0 amide bonds. The minimum absolute atomic E-state index is 0.0650. The molecule has 0 spiro atoms. The Morgan fingerprint density at radius 3 is 2.76 bits per heavy atom. The van der Waals surface area contributed by atoms with Crippen molar-refractivity contribution >= 4 is 22.7 Å². The zero-order chi connectivity index (χ0) is 17.6. The van der Waals surface area contributed by atoms with Crippen LogP contribution in [0.15, 0.2) is 23.5 Å². The molecule has 1 aliphatic heterocycles. The third-order valence-corrected chi connectivity index (χ3v) is 3.90. The Labute approximate surface area is 145 Å². The van der Waals surface area contributed by atoms with Crippen molar-refractivity contribution in [3.63, 3.8) is 0 Å². The van der Waals surface area contributed by atoms with Crippen LogP contribution in [0.2, 0.25) is 0 Å². The number of aliphatic imine (C=N–C) groups is 1. The van der Waals surface area contributed by atoms with Gasteiger partial charge < -0.3 is 25.7 Å². The lowest BCUT2D eigenvalue weighted by Gasteiger charge is -2.26. The lowest BCUT2D eigenvalue weighted by atomic mass is 10.2. The van der Waals surface area contributed by atoms with Crippen molar-refractivity contribution in [1.29, 1.82) is 0 Å². The molecule has 9 nitrogen and oxygen atoms in total. The minimum Gasteiger partial charge on any atom is -0.493 e. The number of methoxy groups -OCH3 is 1. The third-order valence-electron chi connectivity index (χ3n) is 3.90. The summed E-state index contributed by atoms with van der Waals surface area (Å²) in [6.45, 7) is 4.76. The summed E-state index contributed by atoms with van der Waals surface area (Å²) in [4.78, 5) is 14.7. The van der Waals surface area contributed by atoms with E-state index in [4.69, 9.17) is 25.7 Å². The van der Waals surface area contributed by atoms with Crippen LogP contribution in [0.1, 0.15) is 0 Å². The van der Waals surface area contributed by atoms with E-state index in [1.54, 1.807) is 19.2 Å². The molecule has 0 aliphatic carbocycles. The summed E-state index contributed by atoms with van der Waals surface area (Å²) in [7, 11) is 1.58. The van der Waals surface area contributed by atoms with E-state index < -0.39 is 0 Å². The Balaban J connectivity index is 1.79. The van der Waals surface area contributed by atoms with Crippen molar-refractivity contribution in [2.75, 3.05) is 46.6 Å². The number of nitrogens with zero attached hydrogens (tertiary/aromatic N) is 4. The Bertz CT molecular complexity index is 757. The van der Waals surface area contributed by atoms with Crippen molar-refractivity contribution in [2.24, 2.45) is 16.5 Å². The number of nitrogens with two attached hydrogens (primary N) is 2. The van der Waals surface area contributed by atoms with Gasteiger partial charge in [-0.2, -0.15) is 4.99 Å². The number of fused-ring (bicyclic) bond motifs is 1. The summed E-state index contributed by atoms with van der Waals surface area (Å²) in [5.74, 6) is 1.53. The smallest absolute Gasteiger partial charge is 0.192 e. The molecule has 1 aromatic heterocycles. The molecule has 2 heterocycles. The molecule has 0 atom stereocenters. The van der Waals surface area contributed by atoms with Crippen LogP contribution < -0.4 is 20.9 Å². The van der Waals surface area contributed by atoms with Crippen LogP contribution in [0.4, 0.5) is 5.82 Å². The molecule has 1 aliphatic rings. The van der Waals surface area contributed by atoms with Crippen LogP contribution in [0.5, 0.6) is 11.5 Å². The largest absolute Gasteiger partial charge is 0.493 e. The van der Waals surface area contributed by atoms with Gasteiger partial charge in [0.2, 0.25) is 0 Å². The Morgan fingerprint density at radius 1 is 1.24 bits per heavy atom. The van der Waals surface area contributed by atoms with E-state index in [0.29, 0.717) is 34.8 Å². The molecule has 134 valence electrons. The number of rotatable bonds is 6. The summed E-state index contributed by atoms with van der Waals surface area (Å²) < 4.78 is 16.7. The van der Waals surface area contributed by atoms with E-state index in [-0.39, 0.29) is 5.96 Å². The van der Waals surface area contributed by atoms with Crippen LogP contribution in [-0.2, 0) is 4.74 Å². The summed E-state index contributed by atoms with van der Waals surface area (Å²) in [5.41, 5.74) is 11.6. The average Bonchev–Trinajstić information content (AvgIpc) is 2.62. The van der Waals surface area contributed by atoms with Gasteiger partial charge in [0.25, 0.3) is 0 Å². The van der Waals surface area contributed by atoms with E-state index in [1.165, 1.54) is 6.33 Å². The van der Waals surface area contributed by atoms with Gasteiger partial charge in [0, 0.05) is 31.1 Å². The summed E-state index contributed by atoms with van der Waals surface area (Å²) >= 11 is 0. The fourth-order valence-electron chi connectivity index (χ4n) is 2.64. The summed E-state index contributed by atoms with van der Waals surface area (Å²) in [5, 5.41) is 0.688. The van der Waals surface area contributed by atoms with Crippen LogP contribution in [0.25, 0.3) is 10.9 Å². The molecule has 0 saturated carbocycles. The van der Waals surface area contributed by atoms with E-state index in [0.717, 1.165) is 32.8 Å². The van der Waals surface area contributed by atoms with Crippen LogP contribution >= 0.6 is 0 Å². The van der Waals surface area contributed by atoms with Crippen molar-refractivity contribution in [2.45, 2.75) is 0 Å². The molecular weight excluding hydrogens is 324 g/mol. The molecule has 2 aromatic rings. The second-order valence-corrected chi connectivity index (χ2v) is 5.56. The predicted octanol–water partition coefficient (Wildman–Crippen LogP) is 0.254. The van der Waals surface area contributed by atoms with E-state index >= 15 is 0 Å². The molecule has 25 heavy (non-hydrogen) atoms. The number of guanidine groups is 1. The predicted molar refractivity (Wildman–Crippen MR) is 94.3 cm³/mol. The van der Waals surface area contributed by atoms with Gasteiger partial charge in [-0.1, -0.05) is 0 Å². The molecule has 1 saturated heterocycles. The number of benzene rings is 1. The summed E-state index contributed by atoms with van der Waals surface area (Å²) in [6.07, 6.45) is 1.41. The molecule has 9 heteroatoms. The minimum atomic E-state index is -0.0650. The first-order valence-corrected chi connectivity index (χ1v) is 8.02. The summed E-state index contributed by atoms with van der Waals surface area (Å²) in [6, 6.07) is 3.59. The van der Waals surface area contributed by atoms with Crippen molar-refractivity contribution in [3.05, 3.63) is 18.5 Å². The number of morpholine rings is 1. The normalized spacial score (nSPS) is 15.1. The molecule has 1 aromatic carbocycles. The van der Waals surface area contributed by atoms with Crippen molar-refractivity contribution < 1.29 is 14.2 Å². The molecule has 3 rings (SSSR count). The van der Waals surface area contributed by atoms with Gasteiger partial charge in [-0.15, -0.1) is 0 Å². The standard InChI is InChI=1S/C16H22N6O3/c1-23-13-8-11-12(19-10-20-15(11)21-16(17)18)9-14(13)25-7-4-22-2-5-24-6-3-22/h8-10H,2-7H2,1H3,(H4,17,18,19,20,21). The monoisotopic (exact) mass is 346 g/mol. The number of hydrogen-bond acceptors (Lipinski definition) is 7. The highest BCUT2D eigenvalue weighted by Gasteiger charge is 2.13. The Morgan fingerprint density at radius 2 is 2.04 bits per heavy atom. The van der Waals surface area contributed by atoms with Crippen LogP contribution in [0.3, 0.4) is 0 Å². The fraction of sp³-hybridized carbons (Fsp3) is 0.438. The number of ether oxygens (including phenoxy) is 3. The van der Waals surface area contributed by atoms with Gasteiger partial charge in [0.1, 0.15) is 12.9 Å². The second kappa shape index (κ2) is 7.95. The highest BCUT2D eigenvalue weighted by molar-refractivity contribution is 5.93. The van der Waals surface area contributed by atoms with Gasteiger partial charge in [0.15, 0.2) is 23.3 Å². The maximum absolute atomic E-state index is 5.91. The van der Waals surface area contributed by atoms with Gasteiger partial charge >= 0.3 is 0 Å². The lowest BCUT2D eigenvalue weighted by Crippen LogP contribution is -2.38. The highest BCUT2D eigenvalue weighted by Crippen LogP contribution is 2.34. The first-order valence-electron chi connectivity index (χ1n) is 8.02. The van der Waals surface area contributed by atoms with Gasteiger partial charge in [0.05, 0.1) is 25.8 Å². The van der Waals surface area contributed by atoms with E-state index in [9.17, 15) is 0 Å². The third kappa shape index (κ3) is 4.25.